The molecular formula is C14H18ClN3OS. The smallest absolute Gasteiger partial charge is 0.233 e. The predicted octanol–water partition coefficient (Wildman–Crippen LogP) is 3.64. The third kappa shape index (κ3) is 3.34. The molecule has 1 atom stereocenters. The molecule has 1 heterocycles. The molecule has 0 bridgehead atoms. The van der Waals surface area contributed by atoms with Crippen molar-refractivity contribution in [1.82, 2.24) is 10.1 Å². The number of thioether (sulfide) groups is 1. The van der Waals surface area contributed by atoms with Crippen LogP contribution in [-0.4, -0.2) is 16.7 Å². The van der Waals surface area contributed by atoms with Gasteiger partial charge in [0, 0.05) is 11.4 Å². The van der Waals surface area contributed by atoms with Gasteiger partial charge in [-0.25, -0.2) is 0 Å². The Morgan fingerprint density at radius 1 is 1.40 bits per heavy atom. The Labute approximate surface area is 128 Å². The van der Waals surface area contributed by atoms with Crippen LogP contribution in [0.4, 0.5) is 0 Å². The van der Waals surface area contributed by atoms with E-state index in [1.165, 1.54) is 0 Å². The molecule has 0 saturated heterocycles. The average molecular weight is 312 g/mol. The van der Waals surface area contributed by atoms with Crippen LogP contribution >= 0.6 is 23.4 Å². The maximum Gasteiger partial charge on any atom is 0.233 e. The topological polar surface area (TPSA) is 64.9 Å². The maximum atomic E-state index is 6.11. The lowest BCUT2D eigenvalue weighted by molar-refractivity contribution is 0.289. The quantitative estimate of drug-likeness (QED) is 0.825. The third-order valence-corrected chi connectivity index (χ3v) is 4.92. The molecule has 2 aromatic rings. The second-order valence-corrected chi connectivity index (χ2v) is 6.28. The first-order chi connectivity index (χ1) is 9.59. The molecule has 20 heavy (non-hydrogen) atoms. The van der Waals surface area contributed by atoms with Crippen molar-refractivity contribution in [2.75, 3.05) is 6.54 Å². The maximum absolute atomic E-state index is 6.11. The Balaban J connectivity index is 2.05. The number of halogens is 1. The summed E-state index contributed by atoms with van der Waals surface area (Å²) in [5, 5.41) is 4.75. The molecule has 0 radical (unpaired) electrons. The number of benzene rings is 1. The molecule has 0 spiro atoms. The lowest BCUT2D eigenvalue weighted by Gasteiger charge is -2.20. The number of nitrogens with two attached hydrogens (primary N) is 1. The van der Waals surface area contributed by atoms with Gasteiger partial charge in [-0.3, -0.25) is 0 Å². The Bertz CT molecular complexity index is 569. The highest BCUT2D eigenvalue weighted by atomic mass is 35.5. The number of hydrogen-bond donors (Lipinski definition) is 1. The van der Waals surface area contributed by atoms with E-state index in [1.54, 1.807) is 11.8 Å². The Morgan fingerprint density at radius 2 is 2.15 bits per heavy atom. The van der Waals surface area contributed by atoms with Gasteiger partial charge in [-0.05, 0) is 25.5 Å². The zero-order chi connectivity index (χ0) is 14.6. The molecule has 2 rings (SSSR count). The lowest BCUT2D eigenvalue weighted by Crippen LogP contribution is -2.31. The molecule has 1 unspecified atom stereocenters. The summed E-state index contributed by atoms with van der Waals surface area (Å²) in [6.45, 7) is 4.59. The summed E-state index contributed by atoms with van der Waals surface area (Å²) in [6.07, 6.45) is 0.864. The fourth-order valence-corrected chi connectivity index (χ4v) is 2.73. The van der Waals surface area contributed by atoms with Crippen molar-refractivity contribution in [3.63, 3.8) is 0 Å². The molecule has 6 heteroatoms. The molecule has 1 aromatic heterocycles. The Hall–Kier alpha value is -1.04. The summed E-state index contributed by atoms with van der Waals surface area (Å²) in [4.78, 5) is 5.46. The van der Waals surface area contributed by atoms with E-state index in [0.717, 1.165) is 16.3 Å². The van der Waals surface area contributed by atoms with Crippen molar-refractivity contribution < 1.29 is 4.52 Å². The van der Waals surface area contributed by atoms with E-state index < -0.39 is 0 Å². The molecule has 1 aromatic carbocycles. The van der Waals surface area contributed by atoms with Gasteiger partial charge < -0.3 is 10.3 Å². The number of rotatable bonds is 6. The summed E-state index contributed by atoms with van der Waals surface area (Å²) in [6, 6.07) is 7.71. The minimum atomic E-state index is -0.250. The number of aromatic nitrogens is 2. The van der Waals surface area contributed by atoms with Crippen molar-refractivity contribution in [3.8, 4) is 0 Å². The first-order valence-electron chi connectivity index (χ1n) is 6.49. The van der Waals surface area contributed by atoms with Crippen LogP contribution < -0.4 is 5.73 Å². The van der Waals surface area contributed by atoms with Gasteiger partial charge in [-0.2, -0.15) is 4.98 Å². The molecule has 0 aliphatic heterocycles. The van der Waals surface area contributed by atoms with Crippen molar-refractivity contribution in [3.05, 3.63) is 41.0 Å². The summed E-state index contributed by atoms with van der Waals surface area (Å²) in [5.41, 5.74) is 5.54. The van der Waals surface area contributed by atoms with E-state index in [9.17, 15) is 0 Å². The van der Waals surface area contributed by atoms with E-state index in [4.69, 9.17) is 21.9 Å². The van der Waals surface area contributed by atoms with Gasteiger partial charge in [0.2, 0.25) is 5.89 Å². The van der Waals surface area contributed by atoms with Gasteiger partial charge in [-0.15, -0.1) is 11.8 Å². The van der Waals surface area contributed by atoms with Crippen molar-refractivity contribution in [2.45, 2.75) is 36.3 Å². The zero-order valence-electron chi connectivity index (χ0n) is 11.6. The molecular weight excluding hydrogens is 294 g/mol. The minimum absolute atomic E-state index is 0.250. The van der Waals surface area contributed by atoms with E-state index >= 15 is 0 Å². The van der Waals surface area contributed by atoms with Gasteiger partial charge in [0.1, 0.15) is 0 Å². The standard InChI is InChI=1S/C14H18ClN3OS/c1-3-14(2,9-16)13-17-12(18-19-13)8-20-11-7-5-4-6-10(11)15/h4-7H,3,8-9,16H2,1-2H3. The van der Waals surface area contributed by atoms with E-state index in [2.05, 4.69) is 17.1 Å². The SMILES string of the molecule is CCC(C)(CN)c1nc(CSc2ccccc2Cl)no1. The molecule has 108 valence electrons. The fraction of sp³-hybridized carbons (Fsp3) is 0.429. The first kappa shape index (κ1) is 15.4. The summed E-state index contributed by atoms with van der Waals surface area (Å²) in [7, 11) is 0. The highest BCUT2D eigenvalue weighted by Crippen LogP contribution is 2.30. The van der Waals surface area contributed by atoms with Gasteiger partial charge in [0.05, 0.1) is 16.2 Å². The van der Waals surface area contributed by atoms with Gasteiger partial charge in [-0.1, -0.05) is 35.8 Å². The zero-order valence-corrected chi connectivity index (χ0v) is 13.2. The highest BCUT2D eigenvalue weighted by Gasteiger charge is 2.29. The van der Waals surface area contributed by atoms with Crippen LogP contribution in [0.15, 0.2) is 33.7 Å². The fourth-order valence-electron chi connectivity index (χ4n) is 1.64. The summed E-state index contributed by atoms with van der Waals surface area (Å²) < 4.78 is 5.34. The number of nitrogens with zero attached hydrogens (tertiary/aromatic N) is 2. The van der Waals surface area contributed by atoms with Crippen LogP contribution in [-0.2, 0) is 11.2 Å². The Morgan fingerprint density at radius 3 is 2.80 bits per heavy atom. The van der Waals surface area contributed by atoms with Crippen molar-refractivity contribution in [1.29, 1.82) is 0 Å². The summed E-state index contributed by atoms with van der Waals surface area (Å²) in [5.74, 6) is 1.90. The highest BCUT2D eigenvalue weighted by molar-refractivity contribution is 7.98. The van der Waals surface area contributed by atoms with Crippen LogP contribution in [0.25, 0.3) is 0 Å². The first-order valence-corrected chi connectivity index (χ1v) is 7.86. The minimum Gasteiger partial charge on any atom is -0.339 e. The molecule has 0 saturated carbocycles. The second kappa shape index (κ2) is 6.61. The molecule has 4 nitrogen and oxygen atoms in total. The molecule has 0 aliphatic carbocycles. The van der Waals surface area contributed by atoms with Gasteiger partial charge >= 0.3 is 0 Å². The lowest BCUT2D eigenvalue weighted by atomic mass is 9.88. The van der Waals surface area contributed by atoms with Crippen LogP contribution in [0, 0.1) is 0 Å². The van der Waals surface area contributed by atoms with Crippen LogP contribution in [0.5, 0.6) is 0 Å². The monoisotopic (exact) mass is 311 g/mol. The molecule has 0 amide bonds. The largest absolute Gasteiger partial charge is 0.339 e. The number of hydrogen-bond acceptors (Lipinski definition) is 5. The average Bonchev–Trinajstić information content (AvgIpc) is 2.95. The predicted molar refractivity (Wildman–Crippen MR) is 82.0 cm³/mol. The molecule has 0 fully saturated rings. The van der Waals surface area contributed by atoms with Crippen LogP contribution in [0.2, 0.25) is 5.02 Å². The van der Waals surface area contributed by atoms with Crippen molar-refractivity contribution in [2.24, 2.45) is 5.73 Å². The second-order valence-electron chi connectivity index (χ2n) is 4.85. The Kier molecular flexibility index (Phi) is 5.07. The summed E-state index contributed by atoms with van der Waals surface area (Å²) >= 11 is 7.70. The van der Waals surface area contributed by atoms with Crippen LogP contribution in [0.1, 0.15) is 32.0 Å². The van der Waals surface area contributed by atoms with E-state index in [1.807, 2.05) is 31.2 Å². The van der Waals surface area contributed by atoms with E-state index in [0.29, 0.717) is 24.0 Å². The van der Waals surface area contributed by atoms with Crippen molar-refractivity contribution >= 4 is 23.4 Å². The van der Waals surface area contributed by atoms with Gasteiger partial charge in [0.25, 0.3) is 0 Å². The molecule has 2 N–H and O–H groups in total. The van der Waals surface area contributed by atoms with Crippen LogP contribution in [0.3, 0.4) is 0 Å². The molecule has 0 aliphatic rings. The normalized spacial score (nSPS) is 14.2. The third-order valence-electron chi connectivity index (χ3n) is 3.41. The van der Waals surface area contributed by atoms with Gasteiger partial charge in [0.15, 0.2) is 5.82 Å². The van der Waals surface area contributed by atoms with E-state index in [-0.39, 0.29) is 5.41 Å².